The highest BCUT2D eigenvalue weighted by molar-refractivity contribution is 5.70. The maximum Gasteiger partial charge on any atom is 0.413 e. The van der Waals surface area contributed by atoms with Gasteiger partial charge in [0, 0.05) is 0 Å². The number of carbonyl (C=O) groups is 1. The largest absolute Gasteiger partial charge is 0.444 e. The van der Waals surface area contributed by atoms with Crippen LogP contribution in [0.15, 0.2) is 12.7 Å². The molecule has 1 N–H and O–H groups in total. The van der Waals surface area contributed by atoms with E-state index in [-0.39, 0.29) is 6.61 Å². The second-order valence-electron chi connectivity index (χ2n) is 5.90. The lowest BCUT2D eigenvalue weighted by Crippen LogP contribution is -2.52. The van der Waals surface area contributed by atoms with Crippen LogP contribution >= 0.6 is 0 Å². The van der Waals surface area contributed by atoms with E-state index in [9.17, 15) is 9.90 Å². The molecule has 0 aromatic carbocycles. The first-order chi connectivity index (χ1) is 8.08. The zero-order valence-corrected chi connectivity index (χ0v) is 11.8. The van der Waals surface area contributed by atoms with Crippen molar-refractivity contribution in [1.29, 1.82) is 0 Å². The lowest BCUT2D eigenvalue weighted by Gasteiger charge is -2.35. The van der Waals surface area contributed by atoms with Gasteiger partial charge in [-0.3, -0.25) is 4.90 Å². The van der Waals surface area contributed by atoms with Crippen LogP contribution in [0.25, 0.3) is 0 Å². The van der Waals surface area contributed by atoms with E-state index >= 15 is 0 Å². The van der Waals surface area contributed by atoms with Crippen LogP contribution in [0.4, 0.5) is 4.79 Å². The lowest BCUT2D eigenvalue weighted by atomic mass is 10.1. The molecule has 18 heavy (non-hydrogen) atoms. The number of hydrogen-bond acceptors (Lipinski definition) is 4. The normalized spacial score (nSPS) is 24.8. The highest BCUT2D eigenvalue weighted by Crippen LogP contribution is 2.31. The summed E-state index contributed by atoms with van der Waals surface area (Å²) in [6, 6.07) is -0.465. The minimum atomic E-state index is -0.834. The van der Waals surface area contributed by atoms with Crippen molar-refractivity contribution in [3.8, 4) is 0 Å². The molecule has 0 aromatic rings. The number of ether oxygens (including phenoxy) is 2. The fraction of sp³-hybridized carbons (Fsp3) is 0.769. The van der Waals surface area contributed by atoms with Gasteiger partial charge in [0.05, 0.1) is 18.8 Å². The predicted molar refractivity (Wildman–Crippen MR) is 68.1 cm³/mol. The van der Waals surface area contributed by atoms with E-state index in [4.69, 9.17) is 9.47 Å². The maximum absolute atomic E-state index is 12.2. The molecule has 0 aromatic heterocycles. The summed E-state index contributed by atoms with van der Waals surface area (Å²) in [5.41, 5.74) is -1.38. The Morgan fingerprint density at radius 1 is 1.61 bits per heavy atom. The topological polar surface area (TPSA) is 59.0 Å². The van der Waals surface area contributed by atoms with Gasteiger partial charge in [0.1, 0.15) is 11.3 Å². The molecule has 5 nitrogen and oxygen atoms in total. The average Bonchev–Trinajstić information content (AvgIpc) is 2.50. The molecule has 5 heteroatoms. The molecule has 1 amide bonds. The van der Waals surface area contributed by atoms with Crippen LogP contribution < -0.4 is 0 Å². The van der Waals surface area contributed by atoms with Crippen LogP contribution in [-0.4, -0.2) is 46.2 Å². The number of carbonyl (C=O) groups excluding carboxylic acids is 1. The van der Waals surface area contributed by atoms with Gasteiger partial charge in [-0.25, -0.2) is 4.79 Å². The molecule has 1 aliphatic rings. The van der Waals surface area contributed by atoms with Gasteiger partial charge in [0.25, 0.3) is 0 Å². The fourth-order valence-electron chi connectivity index (χ4n) is 1.91. The van der Waals surface area contributed by atoms with Gasteiger partial charge < -0.3 is 14.6 Å². The molecule has 1 rings (SSSR count). The quantitative estimate of drug-likeness (QED) is 0.768. The lowest BCUT2D eigenvalue weighted by molar-refractivity contribution is -0.0660. The SMILES string of the molecule is C=C[C@H](O)[C@@H]1COC(C)(C)N1C(=O)OC(C)(C)C. The molecular weight excluding hydrogens is 234 g/mol. The third-order valence-corrected chi connectivity index (χ3v) is 2.75. The second-order valence-corrected chi connectivity index (χ2v) is 5.90. The van der Waals surface area contributed by atoms with Gasteiger partial charge in [-0.05, 0) is 34.6 Å². The van der Waals surface area contributed by atoms with E-state index in [2.05, 4.69) is 6.58 Å². The summed E-state index contributed by atoms with van der Waals surface area (Å²) in [4.78, 5) is 13.6. The summed E-state index contributed by atoms with van der Waals surface area (Å²) in [5.74, 6) is 0. The van der Waals surface area contributed by atoms with Gasteiger partial charge in [0.2, 0.25) is 0 Å². The molecule has 0 spiro atoms. The van der Waals surface area contributed by atoms with Crippen molar-refractivity contribution in [2.24, 2.45) is 0 Å². The summed E-state index contributed by atoms with van der Waals surface area (Å²) in [6.45, 7) is 12.7. The molecular formula is C13H23NO4. The number of amides is 1. The van der Waals surface area contributed by atoms with E-state index < -0.39 is 29.6 Å². The molecule has 0 saturated carbocycles. The average molecular weight is 257 g/mol. The van der Waals surface area contributed by atoms with Crippen molar-refractivity contribution >= 4 is 6.09 Å². The number of hydrogen-bond donors (Lipinski definition) is 1. The molecule has 0 bridgehead atoms. The van der Waals surface area contributed by atoms with E-state index in [0.29, 0.717) is 0 Å². The molecule has 2 atom stereocenters. The van der Waals surface area contributed by atoms with Crippen LogP contribution in [-0.2, 0) is 9.47 Å². The second kappa shape index (κ2) is 4.90. The number of aliphatic hydroxyl groups excluding tert-OH is 1. The zero-order chi connectivity index (χ0) is 14.1. The van der Waals surface area contributed by atoms with E-state index in [0.717, 1.165) is 0 Å². The maximum atomic E-state index is 12.2. The van der Waals surface area contributed by atoms with Gasteiger partial charge in [-0.1, -0.05) is 6.08 Å². The van der Waals surface area contributed by atoms with Crippen molar-refractivity contribution in [2.45, 2.75) is 58.1 Å². The Hall–Kier alpha value is -1.07. The van der Waals surface area contributed by atoms with Crippen molar-refractivity contribution in [3.63, 3.8) is 0 Å². The summed E-state index contributed by atoms with van der Waals surface area (Å²) in [7, 11) is 0. The van der Waals surface area contributed by atoms with Crippen molar-refractivity contribution in [1.82, 2.24) is 4.90 Å². The summed E-state index contributed by atoms with van der Waals surface area (Å²) in [5, 5.41) is 9.86. The van der Waals surface area contributed by atoms with Crippen molar-refractivity contribution < 1.29 is 19.4 Å². The van der Waals surface area contributed by atoms with Gasteiger partial charge in [0.15, 0.2) is 0 Å². The Kier molecular flexibility index (Phi) is 4.08. The molecule has 0 unspecified atom stereocenters. The predicted octanol–water partition coefficient (Wildman–Crippen LogP) is 1.91. The minimum absolute atomic E-state index is 0.263. The van der Waals surface area contributed by atoms with Crippen LogP contribution in [0, 0.1) is 0 Å². The van der Waals surface area contributed by atoms with E-state index in [1.54, 1.807) is 34.6 Å². The first-order valence-electron chi connectivity index (χ1n) is 6.05. The van der Waals surface area contributed by atoms with Gasteiger partial charge in [-0.2, -0.15) is 0 Å². The third-order valence-electron chi connectivity index (χ3n) is 2.75. The molecule has 1 heterocycles. The molecule has 1 aliphatic heterocycles. The molecule has 104 valence electrons. The van der Waals surface area contributed by atoms with Crippen LogP contribution in [0.1, 0.15) is 34.6 Å². The monoisotopic (exact) mass is 257 g/mol. The van der Waals surface area contributed by atoms with Crippen LogP contribution in [0.2, 0.25) is 0 Å². The standard InChI is InChI=1S/C13H23NO4/c1-7-10(15)9-8-17-13(5,6)14(9)11(16)18-12(2,3)4/h7,9-10,15H,1,8H2,2-6H3/t9-,10-/m0/s1. The van der Waals surface area contributed by atoms with Crippen molar-refractivity contribution in [3.05, 3.63) is 12.7 Å². The Morgan fingerprint density at radius 2 is 2.17 bits per heavy atom. The van der Waals surface area contributed by atoms with E-state index in [1.807, 2.05) is 0 Å². The van der Waals surface area contributed by atoms with Crippen LogP contribution in [0.3, 0.4) is 0 Å². The highest BCUT2D eigenvalue weighted by atomic mass is 16.6. The van der Waals surface area contributed by atoms with Crippen LogP contribution in [0.5, 0.6) is 0 Å². The summed E-state index contributed by atoms with van der Waals surface area (Å²) in [6.07, 6.45) is 0.0717. The fourth-order valence-corrected chi connectivity index (χ4v) is 1.91. The summed E-state index contributed by atoms with van der Waals surface area (Å²) < 4.78 is 10.9. The first kappa shape index (κ1) is 15.0. The van der Waals surface area contributed by atoms with Crippen molar-refractivity contribution in [2.75, 3.05) is 6.61 Å². The van der Waals surface area contributed by atoms with Gasteiger partial charge in [-0.15, -0.1) is 6.58 Å². The Labute approximate surface area is 108 Å². The molecule has 0 radical (unpaired) electrons. The molecule has 1 saturated heterocycles. The molecule has 1 fully saturated rings. The number of nitrogens with zero attached hydrogens (tertiary/aromatic N) is 1. The van der Waals surface area contributed by atoms with Gasteiger partial charge >= 0.3 is 6.09 Å². The highest BCUT2D eigenvalue weighted by Gasteiger charge is 2.47. The Balaban J connectivity index is 2.92. The zero-order valence-electron chi connectivity index (χ0n) is 11.8. The first-order valence-corrected chi connectivity index (χ1v) is 6.05. The summed E-state index contributed by atoms with van der Waals surface area (Å²) >= 11 is 0. The number of rotatable bonds is 2. The Morgan fingerprint density at radius 3 is 2.61 bits per heavy atom. The van der Waals surface area contributed by atoms with E-state index in [1.165, 1.54) is 11.0 Å². The smallest absolute Gasteiger partial charge is 0.413 e. The third kappa shape index (κ3) is 3.23. The molecule has 0 aliphatic carbocycles. The number of aliphatic hydroxyl groups is 1. The minimum Gasteiger partial charge on any atom is -0.444 e. The Bertz CT molecular complexity index is 332.